The second kappa shape index (κ2) is 6.85. The number of benzene rings is 1. The zero-order valence-corrected chi connectivity index (χ0v) is 13.4. The van der Waals surface area contributed by atoms with Crippen molar-refractivity contribution in [2.75, 3.05) is 19.6 Å². The van der Waals surface area contributed by atoms with Crippen molar-refractivity contribution >= 4 is 10.0 Å². The molecular formula is C15H23FN2O2S. The van der Waals surface area contributed by atoms with Crippen molar-refractivity contribution in [1.82, 2.24) is 9.62 Å². The Morgan fingerprint density at radius 1 is 1.33 bits per heavy atom. The number of hydrogen-bond acceptors (Lipinski definition) is 3. The number of halogens is 1. The first-order chi connectivity index (χ1) is 9.96. The minimum atomic E-state index is -3.56. The second-order valence-electron chi connectivity index (χ2n) is 5.51. The molecule has 0 bridgehead atoms. The van der Waals surface area contributed by atoms with Gasteiger partial charge < -0.3 is 5.32 Å². The molecule has 0 saturated carbocycles. The van der Waals surface area contributed by atoms with E-state index in [1.54, 1.807) is 11.2 Å². The van der Waals surface area contributed by atoms with E-state index >= 15 is 0 Å². The molecule has 1 aromatic rings. The highest BCUT2D eigenvalue weighted by Gasteiger charge is 2.31. The Labute approximate surface area is 126 Å². The van der Waals surface area contributed by atoms with Crippen molar-refractivity contribution < 1.29 is 12.8 Å². The van der Waals surface area contributed by atoms with Gasteiger partial charge in [-0.05, 0) is 63.0 Å². The molecule has 0 atom stereocenters. The van der Waals surface area contributed by atoms with Crippen LogP contribution in [0.2, 0.25) is 0 Å². The fourth-order valence-corrected chi connectivity index (χ4v) is 4.59. The number of nitrogens with zero attached hydrogens (tertiary/aromatic N) is 1. The molecule has 4 nitrogen and oxygen atoms in total. The van der Waals surface area contributed by atoms with Gasteiger partial charge in [-0.15, -0.1) is 0 Å². The van der Waals surface area contributed by atoms with Crippen LogP contribution < -0.4 is 5.32 Å². The van der Waals surface area contributed by atoms with Gasteiger partial charge in [-0.3, -0.25) is 0 Å². The largest absolute Gasteiger partial charge is 0.317 e. The van der Waals surface area contributed by atoms with E-state index in [4.69, 9.17) is 0 Å². The normalized spacial score (nSPS) is 17.3. The van der Waals surface area contributed by atoms with Gasteiger partial charge in [0.2, 0.25) is 10.0 Å². The van der Waals surface area contributed by atoms with Crippen LogP contribution in [0.25, 0.3) is 0 Å². The van der Waals surface area contributed by atoms with Gasteiger partial charge in [0.05, 0.1) is 4.90 Å². The highest BCUT2D eigenvalue weighted by molar-refractivity contribution is 7.89. The van der Waals surface area contributed by atoms with Gasteiger partial charge in [0.15, 0.2) is 0 Å². The Bertz CT molecular complexity index is 583. The van der Waals surface area contributed by atoms with E-state index in [-0.39, 0.29) is 16.8 Å². The molecule has 1 aromatic carbocycles. The molecule has 1 aliphatic heterocycles. The van der Waals surface area contributed by atoms with Gasteiger partial charge in [-0.2, -0.15) is 4.31 Å². The summed E-state index contributed by atoms with van der Waals surface area (Å²) >= 11 is 0. The molecule has 0 spiro atoms. The standard InChI is InChI=1S/C15H23FN2O2S/c1-3-10-18(13-6-8-17-9-7-13)21(19,20)14-4-5-15(16)12(2)11-14/h4-5,11,13,17H,3,6-10H2,1-2H3. The Balaban J connectivity index is 2.34. The molecule has 0 aliphatic carbocycles. The summed E-state index contributed by atoms with van der Waals surface area (Å²) in [5.41, 5.74) is 0.359. The third-order valence-corrected chi connectivity index (χ3v) is 5.84. The predicted octanol–water partition coefficient (Wildman–Crippen LogP) is 2.29. The summed E-state index contributed by atoms with van der Waals surface area (Å²) in [5.74, 6) is -0.377. The molecule has 1 heterocycles. The van der Waals surface area contributed by atoms with Gasteiger partial charge in [-0.25, -0.2) is 12.8 Å². The average molecular weight is 314 g/mol. The number of piperidine rings is 1. The summed E-state index contributed by atoms with van der Waals surface area (Å²) in [6.45, 7) is 5.73. The van der Waals surface area contributed by atoms with Crippen LogP contribution in [0.3, 0.4) is 0 Å². The smallest absolute Gasteiger partial charge is 0.243 e. The Kier molecular flexibility index (Phi) is 5.35. The molecule has 1 N–H and O–H groups in total. The summed E-state index contributed by atoms with van der Waals surface area (Å²) in [4.78, 5) is 0.188. The third-order valence-electron chi connectivity index (χ3n) is 3.90. The first-order valence-electron chi connectivity index (χ1n) is 7.45. The third kappa shape index (κ3) is 3.62. The highest BCUT2D eigenvalue weighted by Crippen LogP contribution is 2.24. The van der Waals surface area contributed by atoms with Gasteiger partial charge in [-0.1, -0.05) is 6.92 Å². The molecule has 0 aromatic heterocycles. The number of rotatable bonds is 5. The molecule has 0 amide bonds. The monoisotopic (exact) mass is 314 g/mol. The molecule has 0 unspecified atom stereocenters. The summed E-state index contributed by atoms with van der Waals surface area (Å²) in [7, 11) is -3.56. The summed E-state index contributed by atoms with van der Waals surface area (Å²) in [6.07, 6.45) is 2.40. The highest BCUT2D eigenvalue weighted by atomic mass is 32.2. The van der Waals surface area contributed by atoms with Crippen LogP contribution in [0, 0.1) is 12.7 Å². The number of hydrogen-bond donors (Lipinski definition) is 1. The first-order valence-corrected chi connectivity index (χ1v) is 8.89. The van der Waals surface area contributed by atoms with E-state index in [1.807, 2.05) is 6.92 Å². The van der Waals surface area contributed by atoms with Gasteiger partial charge in [0, 0.05) is 12.6 Å². The maximum Gasteiger partial charge on any atom is 0.243 e. The number of aryl methyl sites for hydroxylation is 1. The molecular weight excluding hydrogens is 291 g/mol. The fraction of sp³-hybridized carbons (Fsp3) is 0.600. The topological polar surface area (TPSA) is 49.4 Å². The van der Waals surface area contributed by atoms with Crippen molar-refractivity contribution in [3.05, 3.63) is 29.6 Å². The summed E-state index contributed by atoms with van der Waals surface area (Å²) in [6, 6.07) is 4.05. The SMILES string of the molecule is CCCN(C1CCNCC1)S(=O)(=O)c1ccc(F)c(C)c1. The Morgan fingerprint density at radius 2 is 2.00 bits per heavy atom. The van der Waals surface area contributed by atoms with Crippen molar-refractivity contribution in [3.63, 3.8) is 0 Å². The molecule has 1 aliphatic rings. The van der Waals surface area contributed by atoms with Gasteiger partial charge in [0.25, 0.3) is 0 Å². The van der Waals surface area contributed by atoms with E-state index in [0.717, 1.165) is 32.4 Å². The lowest BCUT2D eigenvalue weighted by atomic mass is 10.1. The molecule has 2 rings (SSSR count). The lowest BCUT2D eigenvalue weighted by Crippen LogP contribution is -2.46. The van der Waals surface area contributed by atoms with Crippen LogP contribution in [0.15, 0.2) is 23.1 Å². The summed E-state index contributed by atoms with van der Waals surface area (Å²) in [5, 5.41) is 3.25. The quantitative estimate of drug-likeness (QED) is 0.907. The van der Waals surface area contributed by atoms with E-state index < -0.39 is 10.0 Å². The maximum absolute atomic E-state index is 13.4. The van der Waals surface area contributed by atoms with E-state index in [1.165, 1.54) is 18.2 Å². The first kappa shape index (κ1) is 16.4. The molecule has 0 radical (unpaired) electrons. The molecule has 1 fully saturated rings. The van der Waals surface area contributed by atoms with Crippen molar-refractivity contribution in [3.8, 4) is 0 Å². The fourth-order valence-electron chi connectivity index (χ4n) is 2.73. The van der Waals surface area contributed by atoms with E-state index in [0.29, 0.717) is 12.1 Å². The Morgan fingerprint density at radius 3 is 2.57 bits per heavy atom. The number of sulfonamides is 1. The van der Waals surface area contributed by atoms with Crippen LogP contribution in [0.5, 0.6) is 0 Å². The molecule has 21 heavy (non-hydrogen) atoms. The van der Waals surface area contributed by atoms with Crippen LogP contribution in [-0.4, -0.2) is 38.4 Å². The second-order valence-corrected chi connectivity index (χ2v) is 7.40. The molecule has 1 saturated heterocycles. The molecule has 6 heteroatoms. The van der Waals surface area contributed by atoms with Crippen LogP contribution in [-0.2, 0) is 10.0 Å². The number of nitrogens with one attached hydrogen (secondary N) is 1. The zero-order chi connectivity index (χ0) is 15.5. The predicted molar refractivity (Wildman–Crippen MR) is 81.2 cm³/mol. The Hall–Kier alpha value is -0.980. The van der Waals surface area contributed by atoms with Crippen molar-refractivity contribution in [2.45, 2.75) is 44.0 Å². The summed E-state index contributed by atoms with van der Waals surface area (Å²) < 4.78 is 40.7. The van der Waals surface area contributed by atoms with Crippen molar-refractivity contribution in [2.24, 2.45) is 0 Å². The minimum absolute atomic E-state index is 0.0292. The lowest BCUT2D eigenvalue weighted by Gasteiger charge is -2.33. The van der Waals surface area contributed by atoms with Crippen LogP contribution in [0.1, 0.15) is 31.7 Å². The van der Waals surface area contributed by atoms with Crippen LogP contribution in [0.4, 0.5) is 4.39 Å². The maximum atomic E-state index is 13.4. The average Bonchev–Trinajstić information content (AvgIpc) is 2.48. The van der Waals surface area contributed by atoms with Crippen molar-refractivity contribution in [1.29, 1.82) is 0 Å². The van der Waals surface area contributed by atoms with E-state index in [9.17, 15) is 12.8 Å². The van der Waals surface area contributed by atoms with Crippen LogP contribution >= 0.6 is 0 Å². The van der Waals surface area contributed by atoms with Gasteiger partial charge in [0.1, 0.15) is 5.82 Å². The minimum Gasteiger partial charge on any atom is -0.317 e. The van der Waals surface area contributed by atoms with E-state index in [2.05, 4.69) is 5.32 Å². The lowest BCUT2D eigenvalue weighted by molar-refractivity contribution is 0.262. The van der Waals surface area contributed by atoms with Gasteiger partial charge >= 0.3 is 0 Å². The zero-order valence-electron chi connectivity index (χ0n) is 12.6. The molecule has 118 valence electrons.